The first-order chi connectivity index (χ1) is 25.0. The van der Waals surface area contributed by atoms with E-state index in [9.17, 15) is 14.4 Å². The SMILES string of the molecule is CCn1c(-c2cccnc2[C@H](C)OC)c2c3cc(ccc31)-c1csc(n1)/C=C(\NC(=O)C1CCC1)C(=O)N1CCC[C@@H](C(=O)OCC(C)(C)C2)N1S. The van der Waals surface area contributed by atoms with Crippen LogP contribution < -0.4 is 5.32 Å². The highest BCUT2D eigenvalue weighted by atomic mass is 32.1. The van der Waals surface area contributed by atoms with Crippen LogP contribution in [-0.2, 0) is 36.8 Å². The second kappa shape index (κ2) is 14.8. The molecule has 13 heteroatoms. The monoisotopic (exact) mass is 742 g/mol. The Balaban J connectivity index is 1.40. The number of benzene rings is 1. The van der Waals surface area contributed by atoms with Crippen LogP contribution in [0.5, 0.6) is 0 Å². The van der Waals surface area contributed by atoms with Crippen molar-refractivity contribution in [3.8, 4) is 22.5 Å². The maximum absolute atomic E-state index is 14.1. The Morgan fingerprint density at radius 1 is 1.19 bits per heavy atom. The zero-order valence-corrected chi connectivity index (χ0v) is 32.1. The van der Waals surface area contributed by atoms with Gasteiger partial charge in [0.25, 0.3) is 5.91 Å². The standard InChI is InChI=1S/C39H46N6O5S2/c1-6-43-31-15-14-25-18-27(31)28(35(43)26-12-8-16-40-34(26)23(2)49-5)20-39(3,4)22-50-38(48)32-13-9-17-44(45(32)51)37(47)29(19-33-41-30(25)21-52-33)42-36(46)24-10-7-11-24/h8,12,14-16,18-19,21,23-24,32,51H,6-7,9-11,13,17,20,22H2,1-5H3,(H,42,46)/b29-19-/t23-,32-/m0/s1. The highest BCUT2D eigenvalue weighted by molar-refractivity contribution is 7.77. The van der Waals surface area contributed by atoms with Crippen molar-refractivity contribution in [1.82, 2.24) is 29.3 Å². The molecule has 2 fully saturated rings. The Bertz CT molecular complexity index is 2050. The molecule has 2 atom stereocenters. The summed E-state index contributed by atoms with van der Waals surface area (Å²) in [6.45, 7) is 9.58. The van der Waals surface area contributed by atoms with Crippen LogP contribution in [0.2, 0.25) is 0 Å². The fourth-order valence-corrected chi connectivity index (χ4v) is 8.52. The molecule has 274 valence electrons. The second-order valence-electron chi connectivity index (χ2n) is 14.7. The fraction of sp³-hybridized carbons (Fsp3) is 0.462. The zero-order chi connectivity index (χ0) is 36.7. The van der Waals surface area contributed by atoms with Gasteiger partial charge in [-0.25, -0.2) is 4.98 Å². The minimum atomic E-state index is -0.778. The smallest absolute Gasteiger partial charge is 0.326 e. The highest BCUT2D eigenvalue weighted by Crippen LogP contribution is 2.42. The largest absolute Gasteiger partial charge is 0.464 e. The number of nitrogens with zero attached hydrogens (tertiary/aromatic N) is 5. The molecule has 5 heterocycles. The van der Waals surface area contributed by atoms with Crippen LogP contribution in [0.25, 0.3) is 39.5 Å². The van der Waals surface area contributed by atoms with Crippen molar-refractivity contribution in [3.05, 3.63) is 63.9 Å². The third-order valence-corrected chi connectivity index (χ3v) is 11.8. The van der Waals surface area contributed by atoms with Gasteiger partial charge < -0.3 is 19.4 Å². The lowest BCUT2D eigenvalue weighted by Crippen LogP contribution is -2.55. The molecule has 3 aliphatic rings. The molecule has 0 radical (unpaired) electrons. The molecule has 1 saturated carbocycles. The number of fused-ring (bicyclic) bond motifs is 6. The number of hydrogen-bond acceptors (Lipinski definition) is 10. The third kappa shape index (κ3) is 6.91. The number of aromatic nitrogens is 3. The van der Waals surface area contributed by atoms with Gasteiger partial charge in [-0.2, -0.15) is 4.41 Å². The number of aryl methyl sites for hydroxylation is 1. The molecular formula is C39H46N6O5S2. The molecule has 11 nitrogen and oxygen atoms in total. The number of ether oxygens (including phenoxy) is 2. The molecule has 3 aromatic heterocycles. The van der Waals surface area contributed by atoms with Crippen LogP contribution in [0.15, 0.2) is 47.6 Å². The summed E-state index contributed by atoms with van der Waals surface area (Å²) < 4.78 is 15.5. The second-order valence-corrected chi connectivity index (χ2v) is 16.0. The van der Waals surface area contributed by atoms with E-state index in [-0.39, 0.29) is 30.2 Å². The van der Waals surface area contributed by atoms with Crippen LogP contribution in [0, 0.1) is 11.3 Å². The molecule has 4 aromatic rings. The lowest BCUT2D eigenvalue weighted by Gasteiger charge is -2.40. The summed E-state index contributed by atoms with van der Waals surface area (Å²) in [6.07, 6.45) is 7.44. The van der Waals surface area contributed by atoms with Crippen LogP contribution >= 0.6 is 24.2 Å². The number of cyclic esters (lactones) is 1. The predicted molar refractivity (Wildman–Crippen MR) is 205 cm³/mol. The molecule has 0 spiro atoms. The summed E-state index contributed by atoms with van der Waals surface area (Å²) in [5.74, 6) is -1.21. The summed E-state index contributed by atoms with van der Waals surface area (Å²) in [4.78, 5) is 50.8. The first-order valence-corrected chi connectivity index (χ1v) is 19.4. The van der Waals surface area contributed by atoms with E-state index in [0.717, 1.165) is 70.5 Å². The van der Waals surface area contributed by atoms with Crippen molar-refractivity contribution in [2.75, 3.05) is 20.3 Å². The van der Waals surface area contributed by atoms with E-state index in [4.69, 9.17) is 19.4 Å². The molecule has 1 saturated heterocycles. The zero-order valence-electron chi connectivity index (χ0n) is 30.3. The Kier molecular flexibility index (Phi) is 10.3. The van der Waals surface area contributed by atoms with Gasteiger partial charge in [0, 0.05) is 71.2 Å². The van der Waals surface area contributed by atoms with E-state index in [1.807, 2.05) is 18.4 Å². The Labute approximate surface area is 313 Å². The van der Waals surface area contributed by atoms with Gasteiger partial charge in [-0.05, 0) is 75.8 Å². The number of methoxy groups -OCH3 is 1. The number of hydrogen-bond donors (Lipinski definition) is 2. The van der Waals surface area contributed by atoms with Crippen molar-refractivity contribution in [2.24, 2.45) is 11.3 Å². The van der Waals surface area contributed by atoms with Gasteiger partial charge in [-0.3, -0.25) is 24.4 Å². The van der Waals surface area contributed by atoms with Crippen LogP contribution in [-0.4, -0.2) is 68.0 Å². The summed E-state index contributed by atoms with van der Waals surface area (Å²) in [7, 11) is 1.69. The summed E-state index contributed by atoms with van der Waals surface area (Å²) in [5.41, 5.74) is 6.44. The lowest BCUT2D eigenvalue weighted by atomic mass is 9.84. The van der Waals surface area contributed by atoms with E-state index in [2.05, 4.69) is 67.7 Å². The van der Waals surface area contributed by atoms with Gasteiger partial charge >= 0.3 is 5.97 Å². The number of rotatable bonds is 6. The number of pyridine rings is 1. The summed E-state index contributed by atoms with van der Waals surface area (Å²) in [6, 6.07) is 9.68. The number of esters is 1. The van der Waals surface area contributed by atoms with Gasteiger partial charge in [0.15, 0.2) is 0 Å². The molecule has 7 rings (SSSR count). The minimum Gasteiger partial charge on any atom is -0.464 e. The van der Waals surface area contributed by atoms with Crippen molar-refractivity contribution in [2.45, 2.75) is 84.9 Å². The summed E-state index contributed by atoms with van der Waals surface area (Å²) in [5, 5.41) is 7.96. The van der Waals surface area contributed by atoms with E-state index < -0.39 is 23.3 Å². The molecular weight excluding hydrogens is 697 g/mol. The van der Waals surface area contributed by atoms with Gasteiger partial charge in [0.1, 0.15) is 16.7 Å². The molecule has 1 aliphatic carbocycles. The number of carbonyl (C=O) groups is 3. The van der Waals surface area contributed by atoms with Crippen molar-refractivity contribution in [3.63, 3.8) is 0 Å². The molecule has 6 bridgehead atoms. The van der Waals surface area contributed by atoms with E-state index in [1.54, 1.807) is 19.4 Å². The van der Waals surface area contributed by atoms with E-state index in [1.165, 1.54) is 20.8 Å². The number of thiazole rings is 1. The van der Waals surface area contributed by atoms with Gasteiger partial charge in [-0.1, -0.05) is 39.1 Å². The van der Waals surface area contributed by atoms with Crippen molar-refractivity contribution < 1.29 is 23.9 Å². The van der Waals surface area contributed by atoms with Crippen molar-refractivity contribution in [1.29, 1.82) is 0 Å². The van der Waals surface area contributed by atoms with Gasteiger partial charge in [0.05, 0.1) is 29.8 Å². The van der Waals surface area contributed by atoms with E-state index in [0.29, 0.717) is 30.8 Å². The molecule has 1 N–H and O–H groups in total. The van der Waals surface area contributed by atoms with Gasteiger partial charge in [-0.15, -0.1) is 11.3 Å². The quantitative estimate of drug-likeness (QED) is 0.160. The molecule has 0 unspecified atom stereocenters. The Hall–Kier alpha value is -4.04. The maximum atomic E-state index is 14.1. The fourth-order valence-electron chi connectivity index (χ4n) is 7.38. The number of hydrazine groups is 1. The molecule has 1 aromatic carbocycles. The number of thiol groups is 1. The first-order valence-electron chi connectivity index (χ1n) is 18.1. The number of carbonyl (C=O) groups excluding carboxylic acids is 3. The highest BCUT2D eigenvalue weighted by Gasteiger charge is 2.39. The van der Waals surface area contributed by atoms with Gasteiger partial charge in [0.2, 0.25) is 5.91 Å². The summed E-state index contributed by atoms with van der Waals surface area (Å²) >= 11 is 6.07. The van der Waals surface area contributed by atoms with Crippen LogP contribution in [0.4, 0.5) is 0 Å². The minimum absolute atomic E-state index is 0.105. The Morgan fingerprint density at radius 2 is 2.00 bits per heavy atom. The van der Waals surface area contributed by atoms with E-state index >= 15 is 0 Å². The topological polar surface area (TPSA) is 119 Å². The maximum Gasteiger partial charge on any atom is 0.326 e. The molecule has 2 aliphatic heterocycles. The van der Waals surface area contributed by atoms with Crippen LogP contribution in [0.3, 0.4) is 0 Å². The van der Waals surface area contributed by atoms with Crippen molar-refractivity contribution >= 4 is 58.9 Å². The lowest BCUT2D eigenvalue weighted by molar-refractivity contribution is -0.162. The average molecular weight is 743 g/mol. The first kappa shape index (κ1) is 36.3. The average Bonchev–Trinajstić information content (AvgIpc) is 3.70. The van der Waals surface area contributed by atoms with Crippen LogP contribution in [0.1, 0.15) is 82.2 Å². The predicted octanol–water partition coefficient (Wildman–Crippen LogP) is 6.99. The normalized spacial score (nSPS) is 21.5. The Morgan fingerprint density at radius 3 is 2.73 bits per heavy atom. The number of amides is 2. The number of nitrogens with one attached hydrogen (secondary N) is 1. The molecule has 2 amide bonds. The third-order valence-electron chi connectivity index (χ3n) is 10.5. The molecule has 52 heavy (non-hydrogen) atoms.